The van der Waals surface area contributed by atoms with Crippen molar-refractivity contribution in [3.05, 3.63) is 142 Å². The van der Waals surface area contributed by atoms with Gasteiger partial charge < -0.3 is 29.9 Å². The first-order valence-corrected chi connectivity index (χ1v) is 18.6. The molecule has 0 amide bonds. The van der Waals surface area contributed by atoms with E-state index < -0.39 is 42.9 Å². The Morgan fingerprint density at radius 1 is 0.596 bits per heavy atom. The van der Waals surface area contributed by atoms with Gasteiger partial charge in [-0.2, -0.15) is 0 Å². The maximum atomic E-state index is 10.3. The van der Waals surface area contributed by atoms with Crippen LogP contribution in [0.25, 0.3) is 0 Å². The van der Waals surface area contributed by atoms with Crippen LogP contribution in [-0.4, -0.2) is 63.3 Å². The Hall–Kier alpha value is -3.36. The first-order valence-electron chi connectivity index (χ1n) is 18.6. The van der Waals surface area contributed by atoms with E-state index in [2.05, 4.69) is 159 Å². The highest BCUT2D eigenvalue weighted by Crippen LogP contribution is 2.28. The maximum absolute atomic E-state index is 10.3. The lowest BCUT2D eigenvalue weighted by atomic mass is 9.96. The quantitative estimate of drug-likeness (QED) is 0.0740. The zero-order valence-corrected chi connectivity index (χ0v) is 33.5. The topological polar surface area (TPSA) is 99.4 Å². The molecule has 4 N–H and O–H groups in total. The number of ether oxygens (including phenoxy) is 2. The smallest absolute Gasteiger partial charge is 0.187 e. The van der Waals surface area contributed by atoms with E-state index in [1.54, 1.807) is 0 Å². The van der Waals surface area contributed by atoms with Gasteiger partial charge in [0.15, 0.2) is 6.29 Å². The Kier molecular flexibility index (Phi) is 23.0. The van der Waals surface area contributed by atoms with E-state index in [0.29, 0.717) is 6.42 Å². The number of hydrogen-bond donors (Lipinski definition) is 4. The third-order valence-corrected chi connectivity index (χ3v) is 8.42. The molecule has 6 nitrogen and oxygen atoms in total. The number of unbranched alkanes of at least 4 members (excludes halogenated alkanes) is 1. The Morgan fingerprint density at radius 2 is 1.04 bits per heavy atom. The summed E-state index contributed by atoms with van der Waals surface area (Å²) in [4.78, 5) is 0. The largest absolute Gasteiger partial charge is 0.394 e. The molecule has 1 rings (SSSR count). The molecule has 0 radical (unpaired) electrons. The molecule has 0 spiro atoms. The lowest BCUT2D eigenvalue weighted by molar-refractivity contribution is -0.323. The van der Waals surface area contributed by atoms with Crippen molar-refractivity contribution in [1.82, 2.24) is 0 Å². The van der Waals surface area contributed by atoms with Crippen LogP contribution in [0.2, 0.25) is 0 Å². The van der Waals surface area contributed by atoms with E-state index in [4.69, 9.17) is 9.47 Å². The van der Waals surface area contributed by atoms with Crippen LogP contribution < -0.4 is 0 Å². The number of aliphatic hydroxyl groups excluding tert-OH is 4. The molecular weight excluding hydrogens is 649 g/mol. The Morgan fingerprint density at radius 3 is 1.50 bits per heavy atom. The van der Waals surface area contributed by atoms with Crippen molar-refractivity contribution in [3.8, 4) is 0 Å². The van der Waals surface area contributed by atoms with Gasteiger partial charge in [0.25, 0.3) is 0 Å². The van der Waals surface area contributed by atoms with Gasteiger partial charge in [-0.05, 0) is 101 Å². The molecule has 0 aliphatic carbocycles. The number of allylic oxidation sites excluding steroid dienone is 24. The van der Waals surface area contributed by atoms with Crippen molar-refractivity contribution in [2.45, 2.75) is 138 Å². The van der Waals surface area contributed by atoms with Crippen LogP contribution in [-0.2, 0) is 9.47 Å². The minimum Gasteiger partial charge on any atom is -0.394 e. The van der Waals surface area contributed by atoms with Crippen LogP contribution in [0.1, 0.15) is 101 Å². The van der Waals surface area contributed by atoms with Gasteiger partial charge in [-0.25, -0.2) is 0 Å². The van der Waals surface area contributed by atoms with Gasteiger partial charge >= 0.3 is 0 Å². The SMILES string of the molecule is CC(C)=C/C=C/C(C)=C/C=C/C(C)=C/C=C/C(C)=C/CC/C=C(C)/C=C/C=C(C)/C=C/C=C(\C)CCCC(C)(C)O[C@@H]1O[C@H](CO)[C@@H](O)[C@H](O)[C@H]1O. The molecule has 5 atom stereocenters. The summed E-state index contributed by atoms with van der Waals surface area (Å²) < 4.78 is 11.5. The molecule has 1 aliphatic heterocycles. The summed E-state index contributed by atoms with van der Waals surface area (Å²) in [7, 11) is 0. The summed E-state index contributed by atoms with van der Waals surface area (Å²) in [5.74, 6) is 0. The number of hydrogen-bond acceptors (Lipinski definition) is 6. The van der Waals surface area contributed by atoms with Gasteiger partial charge in [0.05, 0.1) is 12.2 Å². The van der Waals surface area contributed by atoms with Gasteiger partial charge in [-0.1, -0.05) is 142 Å². The summed E-state index contributed by atoms with van der Waals surface area (Å²) >= 11 is 0. The lowest BCUT2D eigenvalue weighted by Gasteiger charge is -2.42. The summed E-state index contributed by atoms with van der Waals surface area (Å²) in [6.07, 6.45) is 34.3. The van der Waals surface area contributed by atoms with Gasteiger partial charge in [-0.15, -0.1) is 0 Å². The van der Waals surface area contributed by atoms with E-state index in [9.17, 15) is 20.4 Å². The average molecular weight is 717 g/mol. The van der Waals surface area contributed by atoms with Crippen molar-refractivity contribution in [3.63, 3.8) is 0 Å². The minimum atomic E-state index is -1.45. The fourth-order valence-electron chi connectivity index (χ4n) is 5.15. The molecule has 1 saturated heterocycles. The Bertz CT molecular complexity index is 1450. The lowest BCUT2D eigenvalue weighted by Crippen LogP contribution is -2.60. The molecule has 0 unspecified atom stereocenters. The summed E-state index contributed by atoms with van der Waals surface area (Å²) in [6, 6.07) is 0. The van der Waals surface area contributed by atoms with Crippen molar-refractivity contribution >= 4 is 0 Å². The first kappa shape index (κ1) is 46.7. The Labute approximate surface area is 315 Å². The van der Waals surface area contributed by atoms with Crippen LogP contribution in [0.4, 0.5) is 0 Å². The highest BCUT2D eigenvalue weighted by Gasteiger charge is 2.45. The number of aliphatic hydroxyl groups is 4. The second-order valence-electron chi connectivity index (χ2n) is 14.7. The summed E-state index contributed by atoms with van der Waals surface area (Å²) in [5, 5.41) is 39.7. The van der Waals surface area contributed by atoms with Crippen LogP contribution in [0, 0.1) is 0 Å². The second kappa shape index (κ2) is 25.6. The molecule has 0 saturated carbocycles. The molecular formula is C46H68O6. The van der Waals surface area contributed by atoms with E-state index in [0.717, 1.165) is 31.3 Å². The zero-order chi connectivity index (χ0) is 39.1. The molecule has 0 aromatic rings. The molecule has 6 heteroatoms. The van der Waals surface area contributed by atoms with Crippen molar-refractivity contribution in [2.75, 3.05) is 6.61 Å². The normalized spacial score (nSPS) is 23.8. The van der Waals surface area contributed by atoms with Gasteiger partial charge in [0.2, 0.25) is 0 Å². The maximum Gasteiger partial charge on any atom is 0.187 e. The predicted octanol–water partition coefficient (Wildman–Crippen LogP) is 9.96. The minimum absolute atomic E-state index is 0.478. The molecule has 0 bridgehead atoms. The molecule has 1 aliphatic rings. The molecule has 1 fully saturated rings. The summed E-state index contributed by atoms with van der Waals surface area (Å²) in [5.41, 5.74) is 7.98. The monoisotopic (exact) mass is 717 g/mol. The fraction of sp³-hybridized carbons (Fsp3) is 0.478. The van der Waals surface area contributed by atoms with Gasteiger partial charge in [0.1, 0.15) is 24.4 Å². The van der Waals surface area contributed by atoms with E-state index >= 15 is 0 Å². The fourth-order valence-corrected chi connectivity index (χ4v) is 5.15. The van der Waals surface area contributed by atoms with Crippen molar-refractivity contribution in [2.24, 2.45) is 0 Å². The van der Waals surface area contributed by atoms with E-state index in [-0.39, 0.29) is 0 Å². The van der Waals surface area contributed by atoms with Crippen molar-refractivity contribution in [1.29, 1.82) is 0 Å². The van der Waals surface area contributed by atoms with E-state index in [1.165, 1.54) is 33.4 Å². The predicted molar refractivity (Wildman–Crippen MR) is 220 cm³/mol. The summed E-state index contributed by atoms with van der Waals surface area (Å²) in [6.45, 7) is 20.2. The third kappa shape index (κ3) is 21.2. The van der Waals surface area contributed by atoms with Crippen LogP contribution in [0.15, 0.2) is 142 Å². The highest BCUT2D eigenvalue weighted by atomic mass is 16.7. The van der Waals surface area contributed by atoms with E-state index in [1.807, 2.05) is 13.8 Å². The first-order chi connectivity index (χ1) is 24.5. The Balaban J connectivity index is 2.47. The molecule has 0 aromatic carbocycles. The van der Waals surface area contributed by atoms with Crippen LogP contribution in [0.3, 0.4) is 0 Å². The van der Waals surface area contributed by atoms with Crippen LogP contribution >= 0.6 is 0 Å². The standard InChI is InChI=1S/C46H68O6/c1-34(2)19-13-22-37(5)25-16-28-38(6)26-14-23-35(3)20-11-12-21-36(4)24-15-27-39(7)29-17-30-40(8)31-18-32-46(9,10)52-45-44(50)43(49)42(48)41(33-47)51-45/h13-17,19-30,41-45,47-50H,11-12,18,31-33H2,1-10H3/b22-13+,23-14+,24-15+,28-16+,29-17+,35-20+,36-21+,37-25+,38-26+,39-27+,40-30+/t41-,42-,43+,44-,45+/m1/s1. The zero-order valence-electron chi connectivity index (χ0n) is 33.5. The number of rotatable bonds is 20. The molecule has 288 valence electrons. The van der Waals surface area contributed by atoms with Crippen LogP contribution in [0.5, 0.6) is 0 Å². The third-order valence-electron chi connectivity index (χ3n) is 8.42. The molecule has 1 heterocycles. The van der Waals surface area contributed by atoms with Crippen molar-refractivity contribution < 1.29 is 29.9 Å². The highest BCUT2D eigenvalue weighted by molar-refractivity contribution is 5.31. The second-order valence-corrected chi connectivity index (χ2v) is 14.7. The molecule has 52 heavy (non-hydrogen) atoms. The van der Waals surface area contributed by atoms with Gasteiger partial charge in [0, 0.05) is 0 Å². The molecule has 0 aromatic heterocycles. The van der Waals surface area contributed by atoms with Gasteiger partial charge in [-0.3, -0.25) is 0 Å². The average Bonchev–Trinajstić information content (AvgIpc) is 3.06.